The lowest BCUT2D eigenvalue weighted by Crippen LogP contribution is -2.62. The lowest BCUT2D eigenvalue weighted by atomic mass is 9.79. The SMILES string of the molecule is CCCCC(CC)COCCCN(C(=O)O)C1CC(C)(C)NC(C)(C)C1. The van der Waals surface area contributed by atoms with Crippen molar-refractivity contribution in [3.8, 4) is 0 Å². The Morgan fingerprint density at radius 1 is 1.19 bits per heavy atom. The molecule has 1 aliphatic rings. The van der Waals surface area contributed by atoms with Crippen LogP contribution in [0.3, 0.4) is 0 Å². The van der Waals surface area contributed by atoms with E-state index in [0.29, 0.717) is 19.1 Å². The molecule has 2 N–H and O–H groups in total. The van der Waals surface area contributed by atoms with Crippen molar-refractivity contribution in [2.75, 3.05) is 19.8 Å². The monoisotopic (exact) mass is 370 g/mol. The average Bonchev–Trinajstić information content (AvgIpc) is 2.50. The first-order valence-electron chi connectivity index (χ1n) is 10.5. The van der Waals surface area contributed by atoms with Crippen molar-refractivity contribution in [2.45, 2.75) is 104 Å². The molecule has 0 aliphatic carbocycles. The zero-order chi connectivity index (χ0) is 19.8. The van der Waals surface area contributed by atoms with Crippen molar-refractivity contribution < 1.29 is 14.6 Å². The molecule has 0 aromatic carbocycles. The van der Waals surface area contributed by atoms with E-state index in [-0.39, 0.29) is 17.1 Å². The molecule has 0 aromatic heterocycles. The Balaban J connectivity index is 2.45. The lowest BCUT2D eigenvalue weighted by molar-refractivity contribution is 0.0499. The molecule has 1 rings (SSSR count). The number of rotatable bonds is 11. The van der Waals surface area contributed by atoms with Gasteiger partial charge >= 0.3 is 6.09 Å². The summed E-state index contributed by atoms with van der Waals surface area (Å²) in [5, 5.41) is 13.3. The smallest absolute Gasteiger partial charge is 0.407 e. The highest BCUT2D eigenvalue weighted by atomic mass is 16.5. The molecule has 0 radical (unpaired) electrons. The van der Waals surface area contributed by atoms with E-state index in [0.717, 1.165) is 32.3 Å². The Hall–Kier alpha value is -0.810. The molecular weight excluding hydrogens is 328 g/mol. The van der Waals surface area contributed by atoms with Crippen LogP contribution in [0.2, 0.25) is 0 Å². The molecule has 1 atom stereocenters. The van der Waals surface area contributed by atoms with E-state index in [1.807, 2.05) is 0 Å². The number of amides is 1. The molecule has 0 aromatic rings. The van der Waals surface area contributed by atoms with Crippen LogP contribution in [0.25, 0.3) is 0 Å². The van der Waals surface area contributed by atoms with Crippen LogP contribution in [0.4, 0.5) is 4.79 Å². The molecule has 0 saturated carbocycles. The third-order valence-electron chi connectivity index (χ3n) is 5.44. The van der Waals surface area contributed by atoms with Gasteiger partial charge in [0.15, 0.2) is 0 Å². The lowest BCUT2D eigenvalue weighted by Gasteiger charge is -2.49. The summed E-state index contributed by atoms with van der Waals surface area (Å²) in [6.07, 6.45) is 6.52. The van der Waals surface area contributed by atoms with E-state index in [9.17, 15) is 9.90 Å². The van der Waals surface area contributed by atoms with Crippen LogP contribution < -0.4 is 5.32 Å². The second-order valence-electron chi connectivity index (χ2n) is 9.28. The highest BCUT2D eigenvalue weighted by molar-refractivity contribution is 5.65. The predicted molar refractivity (Wildman–Crippen MR) is 108 cm³/mol. The summed E-state index contributed by atoms with van der Waals surface area (Å²) in [7, 11) is 0. The summed E-state index contributed by atoms with van der Waals surface area (Å²) in [6, 6.07) is 0.0618. The molecule has 1 amide bonds. The Labute approximate surface area is 160 Å². The number of hydrogen-bond donors (Lipinski definition) is 2. The van der Waals surface area contributed by atoms with Gasteiger partial charge in [0.2, 0.25) is 0 Å². The Morgan fingerprint density at radius 2 is 1.81 bits per heavy atom. The highest BCUT2D eigenvalue weighted by Gasteiger charge is 2.41. The normalized spacial score (nSPS) is 20.7. The summed E-state index contributed by atoms with van der Waals surface area (Å²) in [5.74, 6) is 0.636. The Kier molecular flexibility index (Phi) is 9.39. The first-order chi connectivity index (χ1) is 12.1. The van der Waals surface area contributed by atoms with Gasteiger partial charge in [0.05, 0.1) is 0 Å². The Morgan fingerprint density at radius 3 is 2.31 bits per heavy atom. The fourth-order valence-corrected chi connectivity index (χ4v) is 4.41. The molecule has 1 heterocycles. The maximum absolute atomic E-state index is 11.8. The molecule has 0 bridgehead atoms. The molecule has 26 heavy (non-hydrogen) atoms. The predicted octanol–water partition coefficient (Wildman–Crippen LogP) is 4.90. The van der Waals surface area contributed by atoms with E-state index in [1.165, 1.54) is 19.3 Å². The molecule has 0 spiro atoms. The first-order valence-corrected chi connectivity index (χ1v) is 10.5. The largest absolute Gasteiger partial charge is 0.465 e. The van der Waals surface area contributed by atoms with Crippen LogP contribution in [-0.4, -0.2) is 53.0 Å². The summed E-state index contributed by atoms with van der Waals surface area (Å²) in [5.41, 5.74) is -0.103. The first kappa shape index (κ1) is 23.2. The van der Waals surface area contributed by atoms with Crippen LogP contribution in [0.1, 0.15) is 86.5 Å². The molecule has 5 nitrogen and oxygen atoms in total. The minimum Gasteiger partial charge on any atom is -0.465 e. The number of hydrogen-bond acceptors (Lipinski definition) is 3. The van der Waals surface area contributed by atoms with Crippen LogP contribution in [-0.2, 0) is 4.74 Å². The van der Waals surface area contributed by atoms with E-state index in [4.69, 9.17) is 4.74 Å². The van der Waals surface area contributed by atoms with Gasteiger partial charge in [-0.1, -0.05) is 33.1 Å². The number of nitrogens with zero attached hydrogens (tertiary/aromatic N) is 1. The van der Waals surface area contributed by atoms with Crippen LogP contribution in [0.5, 0.6) is 0 Å². The average molecular weight is 371 g/mol. The Bertz CT molecular complexity index is 407. The van der Waals surface area contributed by atoms with Crippen LogP contribution in [0.15, 0.2) is 0 Å². The number of ether oxygens (including phenoxy) is 1. The van der Waals surface area contributed by atoms with E-state index in [2.05, 4.69) is 46.9 Å². The third kappa shape index (κ3) is 8.26. The molecule has 1 saturated heterocycles. The van der Waals surface area contributed by atoms with Crippen molar-refractivity contribution in [1.29, 1.82) is 0 Å². The van der Waals surface area contributed by atoms with E-state index in [1.54, 1.807) is 4.90 Å². The quantitative estimate of drug-likeness (QED) is 0.508. The van der Waals surface area contributed by atoms with Crippen molar-refractivity contribution in [1.82, 2.24) is 10.2 Å². The number of carbonyl (C=O) groups is 1. The van der Waals surface area contributed by atoms with Gasteiger partial charge < -0.3 is 20.1 Å². The van der Waals surface area contributed by atoms with Crippen molar-refractivity contribution in [3.63, 3.8) is 0 Å². The number of unbranched alkanes of at least 4 members (excludes halogenated alkanes) is 1. The second-order valence-corrected chi connectivity index (χ2v) is 9.28. The van der Waals surface area contributed by atoms with Gasteiger partial charge in [-0.05, 0) is 59.3 Å². The molecule has 1 fully saturated rings. The zero-order valence-electron chi connectivity index (χ0n) is 17.9. The minimum absolute atomic E-state index is 0.0513. The maximum atomic E-state index is 11.8. The van der Waals surface area contributed by atoms with Crippen molar-refractivity contribution >= 4 is 6.09 Å². The number of piperidine rings is 1. The number of carboxylic acid groups (broad SMARTS) is 1. The van der Waals surface area contributed by atoms with E-state index < -0.39 is 6.09 Å². The second kappa shape index (κ2) is 10.5. The molecular formula is C21H42N2O3. The van der Waals surface area contributed by atoms with Gasteiger partial charge in [-0.3, -0.25) is 0 Å². The van der Waals surface area contributed by atoms with Gasteiger partial charge in [0.25, 0.3) is 0 Å². The van der Waals surface area contributed by atoms with Crippen molar-refractivity contribution in [2.24, 2.45) is 5.92 Å². The zero-order valence-corrected chi connectivity index (χ0v) is 17.9. The van der Waals surface area contributed by atoms with Gasteiger partial charge in [0.1, 0.15) is 0 Å². The summed E-state index contributed by atoms with van der Waals surface area (Å²) in [6.45, 7) is 15.1. The van der Waals surface area contributed by atoms with Gasteiger partial charge in [-0.15, -0.1) is 0 Å². The molecule has 154 valence electrons. The topological polar surface area (TPSA) is 61.8 Å². The highest BCUT2D eigenvalue weighted by Crippen LogP contribution is 2.31. The third-order valence-corrected chi connectivity index (χ3v) is 5.44. The van der Waals surface area contributed by atoms with E-state index >= 15 is 0 Å². The molecule has 1 aliphatic heterocycles. The molecule has 5 heteroatoms. The van der Waals surface area contributed by atoms with Crippen LogP contribution >= 0.6 is 0 Å². The summed E-state index contributed by atoms with van der Waals surface area (Å²) in [4.78, 5) is 13.5. The maximum Gasteiger partial charge on any atom is 0.407 e. The summed E-state index contributed by atoms with van der Waals surface area (Å²) >= 11 is 0. The fourth-order valence-electron chi connectivity index (χ4n) is 4.41. The number of nitrogens with one attached hydrogen (secondary N) is 1. The molecule has 1 unspecified atom stereocenters. The van der Waals surface area contributed by atoms with Gasteiger partial charge in [0, 0.05) is 36.9 Å². The minimum atomic E-state index is -0.808. The summed E-state index contributed by atoms with van der Waals surface area (Å²) < 4.78 is 5.85. The standard InChI is InChI=1S/C21H42N2O3/c1-7-9-11-17(8-2)16-26-13-10-12-23(19(24)25)18-14-20(3,4)22-21(5,6)15-18/h17-18,22H,7-16H2,1-6H3,(H,24,25). The van der Waals surface area contributed by atoms with Crippen LogP contribution in [0, 0.1) is 5.92 Å². The van der Waals surface area contributed by atoms with Gasteiger partial charge in [-0.2, -0.15) is 0 Å². The fraction of sp³-hybridized carbons (Fsp3) is 0.952. The van der Waals surface area contributed by atoms with Gasteiger partial charge in [-0.25, -0.2) is 4.79 Å². The van der Waals surface area contributed by atoms with Crippen molar-refractivity contribution in [3.05, 3.63) is 0 Å².